The zero-order valence-electron chi connectivity index (χ0n) is 17.0. The maximum absolute atomic E-state index is 11.0. The molecule has 0 bridgehead atoms. The van der Waals surface area contributed by atoms with Crippen LogP contribution in [0.25, 0.3) is 11.1 Å². The Labute approximate surface area is 173 Å². The highest BCUT2D eigenvalue weighted by Gasteiger charge is 2.20. The van der Waals surface area contributed by atoms with Crippen molar-refractivity contribution in [1.29, 1.82) is 5.41 Å². The van der Waals surface area contributed by atoms with Gasteiger partial charge in [0.05, 0.1) is 5.57 Å². The summed E-state index contributed by atoms with van der Waals surface area (Å²) in [7, 11) is 0. The molecule has 3 rings (SSSR count). The minimum Gasteiger partial charge on any atom is -0.478 e. The van der Waals surface area contributed by atoms with E-state index in [1.807, 2.05) is 18.2 Å². The Kier molecular flexibility index (Phi) is 7.23. The molecule has 29 heavy (non-hydrogen) atoms. The summed E-state index contributed by atoms with van der Waals surface area (Å²) in [6.07, 6.45) is 10.2. The lowest BCUT2D eigenvalue weighted by Gasteiger charge is -2.27. The van der Waals surface area contributed by atoms with Crippen LogP contribution in [0.15, 0.2) is 60.3 Å². The van der Waals surface area contributed by atoms with Crippen molar-refractivity contribution in [2.45, 2.75) is 45.4 Å². The third-order valence-corrected chi connectivity index (χ3v) is 5.93. The molecule has 152 valence electrons. The molecule has 0 heterocycles. The molecule has 0 saturated heterocycles. The number of rotatable bonds is 8. The maximum atomic E-state index is 11.0. The second kappa shape index (κ2) is 10.1. The maximum Gasteiger partial charge on any atom is 0.338 e. The number of carboxylic acid groups (broad SMARTS) is 1. The topological polar surface area (TPSA) is 73.2 Å². The Bertz CT molecular complexity index is 882. The van der Waals surface area contributed by atoms with E-state index in [4.69, 9.17) is 10.5 Å². The van der Waals surface area contributed by atoms with E-state index in [9.17, 15) is 4.79 Å². The average molecular weight is 391 g/mol. The number of anilines is 1. The molecule has 1 unspecified atom stereocenters. The van der Waals surface area contributed by atoms with Gasteiger partial charge in [0.25, 0.3) is 0 Å². The van der Waals surface area contributed by atoms with Crippen molar-refractivity contribution >= 4 is 17.9 Å². The highest BCUT2D eigenvalue weighted by atomic mass is 16.4. The molecular weight excluding hydrogens is 360 g/mol. The van der Waals surface area contributed by atoms with Gasteiger partial charge in [0.15, 0.2) is 0 Å². The Balaban J connectivity index is 1.73. The molecular formula is C25H30N2O2. The summed E-state index contributed by atoms with van der Waals surface area (Å²) in [6, 6.07) is 16.6. The minimum atomic E-state index is -1.12. The lowest BCUT2D eigenvalue weighted by atomic mass is 9.78. The standard InChI is InChI=1S/C25H30N2O2/c1-18(20-8-3-2-4-9-20)13-19-7-5-10-21(14-19)22-11-6-12-24(15-22)27-17-23(16-26)25(28)29/h5-7,10-12,14-18,20,26-27H,2-4,8-9,13H2,1H3,(H,28,29)/b23-17+,26-16?. The summed E-state index contributed by atoms with van der Waals surface area (Å²) in [6.45, 7) is 2.39. The summed E-state index contributed by atoms with van der Waals surface area (Å²) < 4.78 is 0. The molecule has 1 aliphatic carbocycles. The summed E-state index contributed by atoms with van der Waals surface area (Å²) in [4.78, 5) is 11.0. The molecule has 4 nitrogen and oxygen atoms in total. The van der Waals surface area contributed by atoms with Crippen molar-refractivity contribution in [2.75, 3.05) is 5.32 Å². The lowest BCUT2D eigenvalue weighted by molar-refractivity contribution is -0.132. The number of benzene rings is 2. The predicted octanol–water partition coefficient (Wildman–Crippen LogP) is 6.14. The van der Waals surface area contributed by atoms with E-state index in [0.29, 0.717) is 5.92 Å². The fraction of sp³-hybridized carbons (Fsp3) is 0.360. The van der Waals surface area contributed by atoms with Crippen LogP contribution in [0.2, 0.25) is 0 Å². The molecule has 0 aromatic heterocycles. The zero-order chi connectivity index (χ0) is 20.6. The summed E-state index contributed by atoms with van der Waals surface area (Å²) >= 11 is 0. The Hall–Kier alpha value is -2.88. The molecule has 1 fully saturated rings. The van der Waals surface area contributed by atoms with Gasteiger partial charge in [-0.05, 0) is 47.1 Å². The van der Waals surface area contributed by atoms with Crippen LogP contribution in [-0.2, 0) is 11.2 Å². The van der Waals surface area contributed by atoms with Crippen LogP contribution in [0.5, 0.6) is 0 Å². The van der Waals surface area contributed by atoms with Crippen LogP contribution in [0.1, 0.15) is 44.6 Å². The smallest absolute Gasteiger partial charge is 0.338 e. The van der Waals surface area contributed by atoms with Gasteiger partial charge in [-0.15, -0.1) is 0 Å². The van der Waals surface area contributed by atoms with Gasteiger partial charge in [-0.1, -0.05) is 75.4 Å². The monoisotopic (exact) mass is 390 g/mol. The average Bonchev–Trinajstić information content (AvgIpc) is 2.75. The highest BCUT2D eigenvalue weighted by Crippen LogP contribution is 2.32. The quantitative estimate of drug-likeness (QED) is 0.374. The molecule has 2 aromatic rings. The number of carboxylic acids is 1. The normalized spacial score (nSPS) is 16.2. The van der Waals surface area contributed by atoms with Crippen LogP contribution in [-0.4, -0.2) is 17.3 Å². The second-order valence-corrected chi connectivity index (χ2v) is 8.05. The predicted molar refractivity (Wildman–Crippen MR) is 119 cm³/mol. The van der Waals surface area contributed by atoms with Gasteiger partial charge < -0.3 is 15.8 Å². The van der Waals surface area contributed by atoms with E-state index in [-0.39, 0.29) is 5.57 Å². The minimum absolute atomic E-state index is 0.0888. The fourth-order valence-corrected chi connectivity index (χ4v) is 4.23. The van der Waals surface area contributed by atoms with Gasteiger partial charge in [-0.3, -0.25) is 0 Å². The van der Waals surface area contributed by atoms with Crippen LogP contribution in [0, 0.1) is 17.2 Å². The molecule has 0 spiro atoms. The van der Waals surface area contributed by atoms with E-state index >= 15 is 0 Å². The van der Waals surface area contributed by atoms with Crippen molar-refractivity contribution in [2.24, 2.45) is 11.8 Å². The first-order chi connectivity index (χ1) is 14.1. The van der Waals surface area contributed by atoms with Crippen molar-refractivity contribution in [3.8, 4) is 11.1 Å². The largest absolute Gasteiger partial charge is 0.478 e. The van der Waals surface area contributed by atoms with Crippen molar-refractivity contribution in [3.63, 3.8) is 0 Å². The van der Waals surface area contributed by atoms with E-state index in [1.165, 1.54) is 43.9 Å². The lowest BCUT2D eigenvalue weighted by Crippen LogP contribution is -2.17. The van der Waals surface area contributed by atoms with Crippen molar-refractivity contribution in [3.05, 3.63) is 65.9 Å². The summed E-state index contributed by atoms with van der Waals surface area (Å²) in [5, 5.41) is 19.2. The van der Waals surface area contributed by atoms with Crippen LogP contribution >= 0.6 is 0 Å². The first-order valence-electron chi connectivity index (χ1n) is 10.5. The molecule has 3 N–H and O–H groups in total. The van der Waals surface area contributed by atoms with Gasteiger partial charge in [-0.2, -0.15) is 0 Å². The van der Waals surface area contributed by atoms with Crippen LogP contribution in [0.4, 0.5) is 5.69 Å². The first kappa shape index (κ1) is 20.8. The molecule has 1 saturated carbocycles. The number of aliphatic carboxylic acids is 1. The zero-order valence-corrected chi connectivity index (χ0v) is 17.0. The molecule has 2 aromatic carbocycles. The first-order valence-corrected chi connectivity index (χ1v) is 10.5. The third-order valence-electron chi connectivity index (χ3n) is 5.93. The molecule has 1 atom stereocenters. The third kappa shape index (κ3) is 5.80. The SMILES string of the molecule is CC(Cc1cccc(-c2cccc(N/C=C(\C=N)C(=O)O)c2)c1)C1CCCCC1. The summed E-state index contributed by atoms with van der Waals surface area (Å²) in [5.74, 6) is 0.437. The van der Waals surface area contributed by atoms with E-state index in [1.54, 1.807) is 0 Å². The molecule has 1 aliphatic rings. The number of nitrogens with one attached hydrogen (secondary N) is 2. The number of hydrogen-bond acceptors (Lipinski definition) is 3. The van der Waals surface area contributed by atoms with Gasteiger partial charge in [0, 0.05) is 18.1 Å². The molecule has 4 heteroatoms. The highest BCUT2D eigenvalue weighted by molar-refractivity contribution is 6.07. The van der Waals surface area contributed by atoms with Crippen LogP contribution in [0.3, 0.4) is 0 Å². The van der Waals surface area contributed by atoms with Gasteiger partial charge in [0.2, 0.25) is 0 Å². The van der Waals surface area contributed by atoms with Gasteiger partial charge in [-0.25, -0.2) is 4.79 Å². The van der Waals surface area contributed by atoms with Crippen molar-refractivity contribution < 1.29 is 9.90 Å². The Morgan fingerprint density at radius 1 is 1.14 bits per heavy atom. The number of hydrogen-bond donors (Lipinski definition) is 3. The Morgan fingerprint density at radius 2 is 1.83 bits per heavy atom. The molecule has 0 radical (unpaired) electrons. The van der Waals surface area contributed by atoms with Crippen LogP contribution < -0.4 is 5.32 Å². The van der Waals surface area contributed by atoms with E-state index in [2.05, 4.69) is 42.6 Å². The van der Waals surface area contributed by atoms with Crippen molar-refractivity contribution in [1.82, 2.24) is 0 Å². The number of carbonyl (C=O) groups is 1. The molecule has 0 amide bonds. The summed E-state index contributed by atoms with van der Waals surface area (Å²) in [5.41, 5.74) is 4.33. The van der Waals surface area contributed by atoms with Gasteiger partial charge >= 0.3 is 5.97 Å². The second-order valence-electron chi connectivity index (χ2n) is 8.05. The fourth-order valence-electron chi connectivity index (χ4n) is 4.23. The van der Waals surface area contributed by atoms with Gasteiger partial charge in [0.1, 0.15) is 0 Å². The Morgan fingerprint density at radius 3 is 2.52 bits per heavy atom. The molecule has 0 aliphatic heterocycles. The van der Waals surface area contributed by atoms with E-state index in [0.717, 1.165) is 35.4 Å². The van der Waals surface area contributed by atoms with E-state index < -0.39 is 5.97 Å².